The third-order valence-corrected chi connectivity index (χ3v) is 4.15. The Morgan fingerprint density at radius 2 is 2.48 bits per heavy atom. The summed E-state index contributed by atoms with van der Waals surface area (Å²) in [5, 5.41) is 29.4. The van der Waals surface area contributed by atoms with Crippen molar-refractivity contribution in [3.05, 3.63) is 29.0 Å². The van der Waals surface area contributed by atoms with E-state index in [1.165, 1.54) is 22.2 Å². The lowest BCUT2D eigenvalue weighted by Crippen LogP contribution is -2.56. The fourth-order valence-electron chi connectivity index (χ4n) is 2.32. The van der Waals surface area contributed by atoms with Gasteiger partial charge in [0.25, 0.3) is 0 Å². The maximum Gasteiger partial charge on any atom is 0.211 e. The Morgan fingerprint density at radius 3 is 3.10 bits per heavy atom. The van der Waals surface area contributed by atoms with Gasteiger partial charge in [0.15, 0.2) is 0 Å². The van der Waals surface area contributed by atoms with Gasteiger partial charge in [0.1, 0.15) is 6.10 Å². The van der Waals surface area contributed by atoms with Crippen LogP contribution in [0.2, 0.25) is 0 Å². The van der Waals surface area contributed by atoms with Crippen LogP contribution in [0.15, 0.2) is 23.3 Å². The van der Waals surface area contributed by atoms with Gasteiger partial charge < -0.3 is 19.7 Å². The van der Waals surface area contributed by atoms with Crippen molar-refractivity contribution in [1.29, 1.82) is 0 Å². The molecular formula is C12H16N4O4S. The Hall–Kier alpha value is -1.39. The highest BCUT2D eigenvalue weighted by molar-refractivity contribution is 7.07. The van der Waals surface area contributed by atoms with Crippen molar-refractivity contribution in [2.24, 2.45) is 0 Å². The van der Waals surface area contributed by atoms with Crippen LogP contribution in [0.3, 0.4) is 0 Å². The molecule has 8 nitrogen and oxygen atoms in total. The summed E-state index contributed by atoms with van der Waals surface area (Å²) in [6.45, 7) is 0.234. The van der Waals surface area contributed by atoms with Gasteiger partial charge in [0.2, 0.25) is 5.72 Å². The van der Waals surface area contributed by atoms with E-state index in [1.807, 2.05) is 5.38 Å². The molecule has 0 aliphatic carbocycles. The Labute approximate surface area is 125 Å². The van der Waals surface area contributed by atoms with E-state index in [4.69, 9.17) is 9.47 Å². The van der Waals surface area contributed by atoms with E-state index in [0.29, 0.717) is 13.0 Å². The molecule has 9 heteroatoms. The number of aromatic nitrogens is 4. The lowest BCUT2D eigenvalue weighted by Gasteiger charge is -2.42. The number of hydrogen-bond donors (Lipinski definition) is 2. The number of hydrogen-bond acceptors (Lipinski definition) is 8. The molecule has 3 rings (SSSR count). The van der Waals surface area contributed by atoms with Crippen LogP contribution in [0, 0.1) is 0 Å². The lowest BCUT2D eigenvalue weighted by molar-refractivity contribution is -0.259. The maximum absolute atomic E-state index is 10.4. The van der Waals surface area contributed by atoms with Gasteiger partial charge in [-0.2, -0.15) is 0 Å². The summed E-state index contributed by atoms with van der Waals surface area (Å²) in [5.74, 6) is 0. The monoisotopic (exact) mass is 312 g/mol. The van der Waals surface area contributed by atoms with Crippen molar-refractivity contribution in [3.63, 3.8) is 0 Å². The number of aliphatic hydroxyl groups is 2. The van der Waals surface area contributed by atoms with Crippen molar-refractivity contribution in [2.45, 2.75) is 31.0 Å². The molecule has 3 unspecified atom stereocenters. The smallest absolute Gasteiger partial charge is 0.211 e. The minimum Gasteiger partial charge on any atom is -0.391 e. The zero-order valence-electron chi connectivity index (χ0n) is 11.2. The lowest BCUT2D eigenvalue weighted by atomic mass is 9.98. The minimum atomic E-state index is -1.29. The summed E-state index contributed by atoms with van der Waals surface area (Å²) in [7, 11) is 0. The molecule has 1 fully saturated rings. The van der Waals surface area contributed by atoms with Crippen LogP contribution in [0.1, 0.15) is 12.1 Å². The summed E-state index contributed by atoms with van der Waals surface area (Å²) in [6.07, 6.45) is 2.15. The average Bonchev–Trinajstić information content (AvgIpc) is 3.19. The molecule has 2 N–H and O–H groups in total. The van der Waals surface area contributed by atoms with Crippen molar-refractivity contribution >= 4 is 11.3 Å². The van der Waals surface area contributed by atoms with E-state index in [-0.39, 0.29) is 12.7 Å². The first-order chi connectivity index (χ1) is 10.2. The number of nitrogens with zero attached hydrogens (tertiary/aromatic N) is 4. The first kappa shape index (κ1) is 14.5. The fraction of sp³-hybridized carbons (Fsp3) is 0.583. The normalized spacial score (nSPS) is 29.6. The van der Waals surface area contributed by atoms with E-state index in [1.54, 1.807) is 11.7 Å². The fourth-order valence-corrected chi connectivity index (χ4v) is 2.86. The second-order valence-electron chi connectivity index (χ2n) is 4.83. The summed E-state index contributed by atoms with van der Waals surface area (Å²) in [5.41, 5.74) is 1.30. The van der Waals surface area contributed by atoms with Gasteiger partial charge in [-0.3, -0.25) is 0 Å². The van der Waals surface area contributed by atoms with Crippen LogP contribution in [0.5, 0.6) is 0 Å². The van der Waals surface area contributed by atoms with E-state index in [9.17, 15) is 10.2 Å². The standard InChI is InChI=1S/C12H16N4O4S/c17-7-12(16-2-1-14-15-16)11(18)3-10(5-20-12)19-4-9-6-21-8-13-9/h1-2,6,8,10-11,17-18H,3-5,7H2. The third kappa shape index (κ3) is 2.83. The average molecular weight is 312 g/mol. The van der Waals surface area contributed by atoms with Gasteiger partial charge in [0.05, 0.1) is 43.3 Å². The predicted molar refractivity (Wildman–Crippen MR) is 72.3 cm³/mol. The second kappa shape index (κ2) is 6.16. The highest BCUT2D eigenvalue weighted by Crippen LogP contribution is 2.30. The molecule has 2 aromatic rings. The van der Waals surface area contributed by atoms with Gasteiger partial charge in [0, 0.05) is 18.0 Å². The van der Waals surface area contributed by atoms with Gasteiger partial charge in [-0.05, 0) is 0 Å². The topological polar surface area (TPSA) is 103 Å². The van der Waals surface area contributed by atoms with Crippen LogP contribution in [-0.4, -0.2) is 55.6 Å². The predicted octanol–water partition coefficient (Wildman–Crippen LogP) is -0.254. The highest BCUT2D eigenvalue weighted by Gasteiger charge is 2.46. The molecule has 21 heavy (non-hydrogen) atoms. The van der Waals surface area contributed by atoms with Crippen LogP contribution in [0.4, 0.5) is 0 Å². The Kier molecular flexibility index (Phi) is 4.27. The maximum atomic E-state index is 10.4. The number of thiazole rings is 1. The van der Waals surface area contributed by atoms with Crippen molar-refractivity contribution in [1.82, 2.24) is 20.0 Å². The second-order valence-corrected chi connectivity index (χ2v) is 5.54. The van der Waals surface area contributed by atoms with E-state index < -0.39 is 18.4 Å². The van der Waals surface area contributed by atoms with E-state index in [0.717, 1.165) is 5.69 Å². The molecule has 2 aromatic heterocycles. The summed E-state index contributed by atoms with van der Waals surface area (Å²) in [6, 6.07) is 0. The van der Waals surface area contributed by atoms with Crippen LogP contribution >= 0.6 is 11.3 Å². The largest absolute Gasteiger partial charge is 0.391 e. The Bertz CT molecular complexity index is 550. The molecule has 3 heterocycles. The quantitative estimate of drug-likeness (QED) is 0.784. The summed E-state index contributed by atoms with van der Waals surface area (Å²) >= 11 is 1.51. The number of aliphatic hydroxyl groups excluding tert-OH is 2. The minimum absolute atomic E-state index is 0.252. The van der Waals surface area contributed by atoms with E-state index >= 15 is 0 Å². The highest BCUT2D eigenvalue weighted by atomic mass is 32.1. The molecule has 0 spiro atoms. The van der Waals surface area contributed by atoms with Gasteiger partial charge in [-0.15, -0.1) is 16.4 Å². The number of ether oxygens (including phenoxy) is 2. The molecule has 0 amide bonds. The van der Waals surface area contributed by atoms with Crippen LogP contribution in [-0.2, 0) is 21.8 Å². The Balaban J connectivity index is 1.63. The first-order valence-corrected chi connectivity index (χ1v) is 7.47. The molecule has 0 radical (unpaired) electrons. The van der Waals surface area contributed by atoms with Crippen molar-refractivity contribution in [2.75, 3.05) is 13.2 Å². The van der Waals surface area contributed by atoms with Crippen molar-refractivity contribution in [3.8, 4) is 0 Å². The van der Waals surface area contributed by atoms with Crippen LogP contribution in [0.25, 0.3) is 0 Å². The van der Waals surface area contributed by atoms with Gasteiger partial charge in [-0.25, -0.2) is 9.67 Å². The molecular weight excluding hydrogens is 296 g/mol. The zero-order chi connectivity index (χ0) is 14.7. The molecule has 0 aromatic carbocycles. The molecule has 1 aliphatic rings. The third-order valence-electron chi connectivity index (χ3n) is 3.51. The molecule has 114 valence electrons. The zero-order valence-corrected chi connectivity index (χ0v) is 12.0. The molecule has 0 saturated carbocycles. The van der Waals surface area contributed by atoms with Crippen LogP contribution < -0.4 is 0 Å². The summed E-state index contributed by atoms with van der Waals surface area (Å²) < 4.78 is 12.7. The summed E-state index contributed by atoms with van der Waals surface area (Å²) in [4.78, 5) is 4.13. The van der Waals surface area contributed by atoms with E-state index in [2.05, 4.69) is 15.3 Å². The molecule has 3 atom stereocenters. The van der Waals surface area contributed by atoms with Gasteiger partial charge >= 0.3 is 0 Å². The Morgan fingerprint density at radius 1 is 1.57 bits per heavy atom. The molecule has 0 bridgehead atoms. The number of rotatable bonds is 5. The van der Waals surface area contributed by atoms with Gasteiger partial charge in [-0.1, -0.05) is 5.21 Å². The van der Waals surface area contributed by atoms with Crippen molar-refractivity contribution < 1.29 is 19.7 Å². The molecule has 1 aliphatic heterocycles. The SMILES string of the molecule is OCC1(n2ccnn2)OCC(OCc2cscn2)CC1O. The molecule has 1 saturated heterocycles. The first-order valence-electron chi connectivity index (χ1n) is 6.53.